The number of nitrogens with zero attached hydrogens (tertiary/aromatic N) is 2. The highest BCUT2D eigenvalue weighted by molar-refractivity contribution is 4.84. The SMILES string of the molecule is COCC1CCCNC(C)CNCCN(C)C2CCCN1C2. The number of hydrogen-bond donors (Lipinski definition) is 2. The van der Waals surface area contributed by atoms with Crippen LogP contribution in [0.15, 0.2) is 0 Å². The zero-order valence-corrected chi connectivity index (χ0v) is 14.8. The van der Waals surface area contributed by atoms with Gasteiger partial charge in [0.1, 0.15) is 0 Å². The summed E-state index contributed by atoms with van der Waals surface area (Å²) in [5, 5.41) is 7.22. The van der Waals surface area contributed by atoms with Crippen LogP contribution < -0.4 is 10.6 Å². The highest BCUT2D eigenvalue weighted by atomic mass is 16.5. The molecule has 0 amide bonds. The summed E-state index contributed by atoms with van der Waals surface area (Å²) in [6, 6.07) is 1.83. The second-order valence-electron chi connectivity index (χ2n) is 7.08. The largest absolute Gasteiger partial charge is 0.383 e. The van der Waals surface area contributed by atoms with Gasteiger partial charge in [0, 0.05) is 51.4 Å². The Balaban J connectivity index is 1.96. The van der Waals surface area contributed by atoms with Crippen molar-refractivity contribution in [1.82, 2.24) is 20.4 Å². The first-order valence-corrected chi connectivity index (χ1v) is 9.08. The smallest absolute Gasteiger partial charge is 0.0618 e. The van der Waals surface area contributed by atoms with E-state index in [1.54, 1.807) is 0 Å². The number of methoxy groups -OCH3 is 1. The minimum atomic E-state index is 0.550. The molecular formula is C17H36N4O. The van der Waals surface area contributed by atoms with Crippen molar-refractivity contribution in [3.8, 4) is 0 Å². The lowest BCUT2D eigenvalue weighted by atomic mass is 10.0. The lowest BCUT2D eigenvalue weighted by Crippen LogP contribution is -2.52. The zero-order chi connectivity index (χ0) is 15.8. The van der Waals surface area contributed by atoms with Crippen molar-refractivity contribution in [2.45, 2.75) is 50.7 Å². The molecular weight excluding hydrogens is 276 g/mol. The molecule has 5 nitrogen and oxygen atoms in total. The Morgan fingerprint density at radius 1 is 1.14 bits per heavy atom. The summed E-state index contributed by atoms with van der Waals surface area (Å²) >= 11 is 0. The first-order chi connectivity index (χ1) is 10.7. The van der Waals surface area contributed by atoms with Crippen molar-refractivity contribution in [2.75, 3.05) is 60.0 Å². The monoisotopic (exact) mass is 312 g/mol. The van der Waals surface area contributed by atoms with Crippen LogP contribution in [0.2, 0.25) is 0 Å². The average Bonchev–Trinajstić information content (AvgIpc) is 2.53. The van der Waals surface area contributed by atoms with Crippen LogP contribution in [0.25, 0.3) is 0 Å². The Morgan fingerprint density at radius 3 is 2.82 bits per heavy atom. The molecule has 5 heteroatoms. The summed E-state index contributed by atoms with van der Waals surface area (Å²) in [6.45, 7) is 9.98. The molecule has 0 aromatic carbocycles. The number of hydrogen-bond acceptors (Lipinski definition) is 5. The van der Waals surface area contributed by atoms with Gasteiger partial charge in [-0.05, 0) is 52.7 Å². The number of rotatable bonds is 2. The van der Waals surface area contributed by atoms with E-state index in [0.717, 1.165) is 32.8 Å². The van der Waals surface area contributed by atoms with Gasteiger partial charge in [0.05, 0.1) is 6.61 Å². The topological polar surface area (TPSA) is 39.8 Å². The number of ether oxygens (including phenoxy) is 1. The van der Waals surface area contributed by atoms with Crippen molar-refractivity contribution in [3.05, 3.63) is 0 Å². The van der Waals surface area contributed by atoms with Crippen LogP contribution in [0.3, 0.4) is 0 Å². The zero-order valence-electron chi connectivity index (χ0n) is 14.8. The van der Waals surface area contributed by atoms with E-state index >= 15 is 0 Å². The van der Waals surface area contributed by atoms with Crippen LogP contribution in [0.1, 0.15) is 32.6 Å². The normalized spacial score (nSPS) is 36.7. The van der Waals surface area contributed by atoms with Gasteiger partial charge in [0.25, 0.3) is 0 Å². The maximum Gasteiger partial charge on any atom is 0.0618 e. The first-order valence-electron chi connectivity index (χ1n) is 9.08. The third-order valence-corrected chi connectivity index (χ3v) is 5.23. The summed E-state index contributed by atoms with van der Waals surface area (Å²) < 4.78 is 5.50. The van der Waals surface area contributed by atoms with Crippen LogP contribution in [0.4, 0.5) is 0 Å². The molecule has 2 aliphatic rings. The second kappa shape index (κ2) is 9.83. The van der Waals surface area contributed by atoms with Crippen LogP contribution in [-0.4, -0.2) is 88.0 Å². The van der Waals surface area contributed by atoms with Gasteiger partial charge >= 0.3 is 0 Å². The molecule has 130 valence electrons. The van der Waals surface area contributed by atoms with Crippen LogP contribution in [-0.2, 0) is 4.74 Å². The predicted octanol–water partition coefficient (Wildman–Crippen LogP) is 0.759. The van der Waals surface area contributed by atoms with Crippen molar-refractivity contribution in [3.63, 3.8) is 0 Å². The fraction of sp³-hybridized carbons (Fsp3) is 1.00. The fourth-order valence-electron chi connectivity index (χ4n) is 3.75. The molecule has 2 heterocycles. The van der Waals surface area contributed by atoms with E-state index in [4.69, 9.17) is 4.74 Å². The number of likely N-dealkylation sites (N-methyl/N-ethyl adjacent to an activating group) is 1. The van der Waals surface area contributed by atoms with Gasteiger partial charge in [-0.3, -0.25) is 4.90 Å². The molecule has 2 rings (SSSR count). The molecule has 0 aliphatic carbocycles. The van der Waals surface area contributed by atoms with Gasteiger partial charge in [-0.25, -0.2) is 0 Å². The van der Waals surface area contributed by atoms with Crippen molar-refractivity contribution in [1.29, 1.82) is 0 Å². The molecule has 2 saturated heterocycles. The molecule has 0 aromatic heterocycles. The van der Waals surface area contributed by atoms with E-state index in [-0.39, 0.29) is 0 Å². The molecule has 4 unspecified atom stereocenters. The van der Waals surface area contributed by atoms with Gasteiger partial charge < -0.3 is 20.3 Å². The Kier molecular flexibility index (Phi) is 8.11. The highest BCUT2D eigenvalue weighted by Gasteiger charge is 2.27. The molecule has 0 radical (unpaired) electrons. The van der Waals surface area contributed by atoms with E-state index in [0.29, 0.717) is 18.1 Å². The van der Waals surface area contributed by atoms with Gasteiger partial charge in [0.2, 0.25) is 0 Å². The highest BCUT2D eigenvalue weighted by Crippen LogP contribution is 2.19. The van der Waals surface area contributed by atoms with Crippen LogP contribution in [0, 0.1) is 0 Å². The van der Waals surface area contributed by atoms with E-state index in [9.17, 15) is 0 Å². The summed E-state index contributed by atoms with van der Waals surface area (Å²) in [5.74, 6) is 0. The second-order valence-corrected chi connectivity index (χ2v) is 7.08. The molecule has 2 aliphatic heterocycles. The molecule has 2 fully saturated rings. The average molecular weight is 313 g/mol. The molecule has 2 bridgehead atoms. The van der Waals surface area contributed by atoms with E-state index in [1.807, 2.05) is 7.11 Å². The van der Waals surface area contributed by atoms with Crippen LogP contribution in [0.5, 0.6) is 0 Å². The lowest BCUT2D eigenvalue weighted by molar-refractivity contribution is 0.0389. The molecule has 4 atom stereocenters. The Labute approximate surface area is 136 Å². The Morgan fingerprint density at radius 2 is 2.00 bits per heavy atom. The maximum absolute atomic E-state index is 5.50. The van der Waals surface area contributed by atoms with E-state index < -0.39 is 0 Å². The van der Waals surface area contributed by atoms with Crippen LogP contribution >= 0.6 is 0 Å². The first kappa shape index (κ1) is 18.1. The van der Waals surface area contributed by atoms with Crippen molar-refractivity contribution >= 4 is 0 Å². The predicted molar refractivity (Wildman–Crippen MR) is 92.5 cm³/mol. The van der Waals surface area contributed by atoms with Crippen molar-refractivity contribution in [2.24, 2.45) is 0 Å². The fourth-order valence-corrected chi connectivity index (χ4v) is 3.75. The summed E-state index contributed by atoms with van der Waals surface area (Å²) in [4.78, 5) is 5.23. The summed E-state index contributed by atoms with van der Waals surface area (Å²) in [6.07, 6.45) is 5.12. The maximum atomic E-state index is 5.50. The molecule has 22 heavy (non-hydrogen) atoms. The summed E-state index contributed by atoms with van der Waals surface area (Å²) in [7, 11) is 4.12. The van der Waals surface area contributed by atoms with E-state index in [1.165, 1.54) is 38.8 Å². The Hall–Kier alpha value is -0.200. The molecule has 2 N–H and O–H groups in total. The number of piperidine rings is 1. The third-order valence-electron chi connectivity index (χ3n) is 5.23. The van der Waals surface area contributed by atoms with E-state index in [2.05, 4.69) is 34.4 Å². The van der Waals surface area contributed by atoms with Gasteiger partial charge in [-0.15, -0.1) is 0 Å². The standard InChI is InChI=1S/C17H36N4O/c1-15-12-18-9-11-20(2)16-7-5-10-21(13-16)17(14-22-3)6-4-8-19-15/h15-19H,4-14H2,1-3H3. The van der Waals surface area contributed by atoms with Crippen molar-refractivity contribution < 1.29 is 4.74 Å². The third kappa shape index (κ3) is 5.78. The summed E-state index contributed by atoms with van der Waals surface area (Å²) in [5.41, 5.74) is 0. The van der Waals surface area contributed by atoms with Gasteiger partial charge in [0.15, 0.2) is 0 Å². The Bertz CT molecular complexity index is 302. The lowest BCUT2D eigenvalue weighted by Gasteiger charge is -2.41. The molecule has 0 spiro atoms. The number of fused-ring (bicyclic) bond motifs is 2. The minimum absolute atomic E-state index is 0.550. The molecule has 0 saturated carbocycles. The number of nitrogens with one attached hydrogen (secondary N) is 2. The minimum Gasteiger partial charge on any atom is -0.383 e. The molecule has 0 aromatic rings. The quantitative estimate of drug-likeness (QED) is 0.788. The van der Waals surface area contributed by atoms with Gasteiger partial charge in [-0.2, -0.15) is 0 Å². The van der Waals surface area contributed by atoms with Gasteiger partial charge in [-0.1, -0.05) is 0 Å².